The van der Waals surface area contributed by atoms with Gasteiger partial charge in [0.25, 0.3) is 5.56 Å². The van der Waals surface area contributed by atoms with Crippen LogP contribution in [0.25, 0.3) is 10.3 Å². The van der Waals surface area contributed by atoms with Gasteiger partial charge in [-0.3, -0.25) is 9.59 Å². The van der Waals surface area contributed by atoms with Gasteiger partial charge in [-0.1, -0.05) is 43.4 Å². The average Bonchev–Trinajstić information content (AvgIpc) is 3.23. The normalized spacial score (nSPS) is 15.8. The lowest BCUT2D eigenvalue weighted by atomic mass is 9.97. The second-order valence-corrected chi connectivity index (χ2v) is 9.18. The van der Waals surface area contributed by atoms with Crippen LogP contribution in [-0.4, -0.2) is 45.2 Å². The number of piperidine rings is 1. The SMILES string of the molecule is CCC(C)c1ccccc1OC1CCN(c2nc3nc(CCC(=O)O)[nH]c(=O)c3s2)CC1. The molecule has 1 unspecified atom stereocenters. The minimum Gasteiger partial charge on any atom is -0.490 e. The number of aryl methyl sites for hydroxylation is 1. The fourth-order valence-corrected chi connectivity index (χ4v) is 4.86. The number of carbonyl (C=O) groups is 1. The lowest BCUT2D eigenvalue weighted by molar-refractivity contribution is -0.137. The minimum atomic E-state index is -0.927. The zero-order valence-corrected chi connectivity index (χ0v) is 19.2. The maximum Gasteiger partial charge on any atom is 0.303 e. The van der Waals surface area contributed by atoms with Gasteiger partial charge in [0.15, 0.2) is 10.8 Å². The van der Waals surface area contributed by atoms with Gasteiger partial charge in [0, 0.05) is 32.4 Å². The number of benzene rings is 1. The molecule has 170 valence electrons. The fourth-order valence-electron chi connectivity index (χ4n) is 3.91. The highest BCUT2D eigenvalue weighted by Crippen LogP contribution is 2.32. The number of nitrogens with one attached hydrogen (secondary N) is 1. The van der Waals surface area contributed by atoms with E-state index in [9.17, 15) is 9.59 Å². The van der Waals surface area contributed by atoms with E-state index in [0.29, 0.717) is 22.1 Å². The lowest BCUT2D eigenvalue weighted by Crippen LogP contribution is -2.38. The van der Waals surface area contributed by atoms with Gasteiger partial charge < -0.3 is 19.7 Å². The summed E-state index contributed by atoms with van der Waals surface area (Å²) in [5.74, 6) is 0.863. The highest BCUT2D eigenvalue weighted by atomic mass is 32.1. The number of hydrogen-bond donors (Lipinski definition) is 2. The molecule has 3 aromatic rings. The Morgan fingerprint density at radius 1 is 1.31 bits per heavy atom. The van der Waals surface area contributed by atoms with Crippen molar-refractivity contribution in [2.24, 2.45) is 0 Å². The molecular formula is C23H28N4O4S. The Kier molecular flexibility index (Phi) is 6.74. The first-order valence-corrected chi connectivity index (χ1v) is 11.9. The van der Waals surface area contributed by atoms with E-state index < -0.39 is 5.97 Å². The summed E-state index contributed by atoms with van der Waals surface area (Å²) in [5, 5.41) is 9.62. The molecule has 0 spiro atoms. The van der Waals surface area contributed by atoms with Crippen molar-refractivity contribution in [3.05, 3.63) is 46.0 Å². The molecule has 0 saturated carbocycles. The zero-order chi connectivity index (χ0) is 22.7. The summed E-state index contributed by atoms with van der Waals surface area (Å²) in [6, 6.07) is 8.29. The van der Waals surface area contributed by atoms with Gasteiger partial charge in [0.1, 0.15) is 22.4 Å². The number of ether oxygens (including phenoxy) is 1. The molecule has 0 amide bonds. The molecule has 1 saturated heterocycles. The van der Waals surface area contributed by atoms with Gasteiger partial charge in [-0.15, -0.1) is 0 Å². The summed E-state index contributed by atoms with van der Waals surface area (Å²) in [5.41, 5.74) is 1.38. The van der Waals surface area contributed by atoms with Crippen molar-refractivity contribution in [1.29, 1.82) is 0 Å². The van der Waals surface area contributed by atoms with Crippen LogP contribution >= 0.6 is 11.3 Å². The molecule has 0 radical (unpaired) electrons. The van der Waals surface area contributed by atoms with Gasteiger partial charge in [-0.2, -0.15) is 4.98 Å². The van der Waals surface area contributed by atoms with Crippen molar-refractivity contribution < 1.29 is 14.6 Å². The molecule has 9 heteroatoms. The number of carboxylic acids is 1. The molecule has 2 aromatic heterocycles. The summed E-state index contributed by atoms with van der Waals surface area (Å²) in [4.78, 5) is 37.0. The number of nitrogens with zero attached hydrogens (tertiary/aromatic N) is 3. The third-order valence-electron chi connectivity index (χ3n) is 5.95. The van der Waals surface area contributed by atoms with Crippen LogP contribution in [0.4, 0.5) is 5.13 Å². The Morgan fingerprint density at radius 2 is 2.06 bits per heavy atom. The number of H-pyrrole nitrogens is 1. The van der Waals surface area contributed by atoms with E-state index in [0.717, 1.165) is 43.2 Å². The van der Waals surface area contributed by atoms with E-state index in [1.165, 1.54) is 16.9 Å². The third kappa shape index (κ3) is 4.93. The standard InChI is InChI=1S/C23H28N4O4S/c1-3-14(2)16-6-4-5-7-17(16)31-15-10-12-27(13-11-15)23-26-21-20(32-23)22(30)25-18(24-21)8-9-19(28)29/h4-7,14-15H,3,8-13H2,1-2H3,(H,28,29)(H,24,25,30). The van der Waals surface area contributed by atoms with Gasteiger partial charge in [-0.25, -0.2) is 4.98 Å². The summed E-state index contributed by atoms with van der Waals surface area (Å²) in [6.07, 6.45) is 3.06. The first-order valence-electron chi connectivity index (χ1n) is 11.1. The number of thiazole rings is 1. The van der Waals surface area contributed by atoms with Crippen molar-refractivity contribution in [2.45, 2.75) is 58.0 Å². The van der Waals surface area contributed by atoms with Gasteiger partial charge >= 0.3 is 5.97 Å². The van der Waals surface area contributed by atoms with Gasteiger partial charge in [-0.05, 0) is 24.0 Å². The molecule has 0 bridgehead atoms. The molecule has 4 rings (SSSR count). The zero-order valence-electron chi connectivity index (χ0n) is 18.3. The number of rotatable bonds is 8. The van der Waals surface area contributed by atoms with Crippen molar-refractivity contribution in [3.8, 4) is 5.75 Å². The third-order valence-corrected chi connectivity index (χ3v) is 7.05. The van der Waals surface area contributed by atoms with Crippen LogP contribution in [0.2, 0.25) is 0 Å². The van der Waals surface area contributed by atoms with Crippen LogP contribution in [0.5, 0.6) is 5.75 Å². The highest BCUT2D eigenvalue weighted by molar-refractivity contribution is 7.22. The van der Waals surface area contributed by atoms with E-state index in [-0.39, 0.29) is 24.5 Å². The summed E-state index contributed by atoms with van der Waals surface area (Å²) in [7, 11) is 0. The molecule has 8 nitrogen and oxygen atoms in total. The molecule has 1 atom stereocenters. The number of carboxylic acid groups (broad SMARTS) is 1. The second kappa shape index (κ2) is 9.68. The molecule has 1 fully saturated rings. The van der Waals surface area contributed by atoms with Crippen LogP contribution < -0.4 is 15.2 Å². The predicted octanol–water partition coefficient (Wildman–Crippen LogP) is 3.96. The highest BCUT2D eigenvalue weighted by Gasteiger charge is 2.25. The van der Waals surface area contributed by atoms with Crippen molar-refractivity contribution in [3.63, 3.8) is 0 Å². The van der Waals surface area contributed by atoms with E-state index in [1.54, 1.807) is 0 Å². The molecule has 2 N–H and O–H groups in total. The Hall–Kier alpha value is -2.94. The molecule has 32 heavy (non-hydrogen) atoms. The topological polar surface area (TPSA) is 108 Å². The Labute approximate surface area is 190 Å². The smallest absolute Gasteiger partial charge is 0.303 e. The minimum absolute atomic E-state index is 0.0842. The monoisotopic (exact) mass is 456 g/mol. The van der Waals surface area contributed by atoms with Crippen LogP contribution in [-0.2, 0) is 11.2 Å². The Bertz CT molecular complexity index is 1150. The number of aliphatic carboxylic acids is 1. The van der Waals surface area contributed by atoms with Gasteiger partial charge in [0.2, 0.25) is 0 Å². The molecule has 1 aromatic carbocycles. The van der Waals surface area contributed by atoms with Crippen molar-refractivity contribution in [2.75, 3.05) is 18.0 Å². The van der Waals surface area contributed by atoms with Gasteiger partial charge in [0.05, 0.1) is 6.42 Å². The Balaban J connectivity index is 1.43. The second-order valence-electron chi connectivity index (χ2n) is 8.21. The summed E-state index contributed by atoms with van der Waals surface area (Å²) in [6.45, 7) is 5.99. The van der Waals surface area contributed by atoms with E-state index >= 15 is 0 Å². The van der Waals surface area contributed by atoms with E-state index in [2.05, 4.69) is 51.9 Å². The number of fused-ring (bicyclic) bond motifs is 1. The van der Waals surface area contributed by atoms with Crippen LogP contribution in [0.1, 0.15) is 56.8 Å². The van der Waals surface area contributed by atoms with Crippen molar-refractivity contribution >= 4 is 32.8 Å². The maximum absolute atomic E-state index is 12.4. The van der Waals surface area contributed by atoms with Crippen LogP contribution in [0.3, 0.4) is 0 Å². The number of anilines is 1. The molecule has 0 aliphatic carbocycles. The summed E-state index contributed by atoms with van der Waals surface area (Å²) < 4.78 is 6.85. The first kappa shape index (κ1) is 22.3. The predicted molar refractivity (Wildman–Crippen MR) is 125 cm³/mol. The van der Waals surface area contributed by atoms with Crippen molar-refractivity contribution in [1.82, 2.24) is 15.0 Å². The van der Waals surface area contributed by atoms with E-state index in [4.69, 9.17) is 9.84 Å². The first-order chi connectivity index (χ1) is 15.4. The molecule has 1 aliphatic heterocycles. The lowest BCUT2D eigenvalue weighted by Gasteiger charge is -2.32. The average molecular weight is 457 g/mol. The largest absolute Gasteiger partial charge is 0.490 e. The number of aromatic nitrogens is 3. The maximum atomic E-state index is 12.4. The number of aromatic amines is 1. The molecule has 3 heterocycles. The summed E-state index contributed by atoms with van der Waals surface area (Å²) >= 11 is 1.33. The van der Waals surface area contributed by atoms with Crippen LogP contribution in [0, 0.1) is 0 Å². The number of hydrogen-bond acceptors (Lipinski definition) is 7. The molecule has 1 aliphatic rings. The van der Waals surface area contributed by atoms with E-state index in [1.807, 2.05) is 6.07 Å². The Morgan fingerprint density at radius 3 is 2.78 bits per heavy atom. The quantitative estimate of drug-likeness (QED) is 0.528. The fraction of sp³-hybridized carbons (Fsp3) is 0.478. The molecular weight excluding hydrogens is 428 g/mol. The van der Waals surface area contributed by atoms with Crippen LogP contribution in [0.15, 0.2) is 29.1 Å². The number of para-hydroxylation sites is 1.